The molecule has 1 aliphatic carbocycles. The van der Waals surface area contributed by atoms with Crippen molar-refractivity contribution in [2.45, 2.75) is 20.3 Å². The quantitative estimate of drug-likeness (QED) is 0.864. The Morgan fingerprint density at radius 2 is 2.08 bits per heavy atom. The van der Waals surface area contributed by atoms with Gasteiger partial charge in [-0.1, -0.05) is 31.2 Å². The number of rotatable bonds is 6. The summed E-state index contributed by atoms with van der Waals surface area (Å²) < 4.78 is 0. The van der Waals surface area contributed by atoms with Gasteiger partial charge in [-0.15, -0.1) is 11.3 Å². The molecule has 25 heavy (non-hydrogen) atoms. The van der Waals surface area contributed by atoms with Gasteiger partial charge in [0.1, 0.15) is 10.7 Å². The topological polar surface area (TPSA) is 62.3 Å². The van der Waals surface area contributed by atoms with Crippen LogP contribution >= 0.6 is 11.3 Å². The Bertz CT molecular complexity index is 786. The predicted octanol–water partition coefficient (Wildman–Crippen LogP) is 2.96. The number of benzene rings is 1. The zero-order valence-corrected chi connectivity index (χ0v) is 15.6. The molecule has 1 aliphatic rings. The lowest BCUT2D eigenvalue weighted by Crippen LogP contribution is -2.37. The molecule has 1 aromatic heterocycles. The Hall–Kier alpha value is -2.21. The molecule has 1 fully saturated rings. The summed E-state index contributed by atoms with van der Waals surface area (Å²) in [7, 11) is 1.74. The highest BCUT2D eigenvalue weighted by molar-refractivity contribution is 7.13. The molecule has 2 amide bonds. The number of nitrogens with zero attached hydrogens (tertiary/aromatic N) is 2. The molecule has 1 aromatic carbocycles. The van der Waals surface area contributed by atoms with E-state index in [0.717, 1.165) is 22.6 Å². The lowest BCUT2D eigenvalue weighted by Gasteiger charge is -2.16. The summed E-state index contributed by atoms with van der Waals surface area (Å²) in [6.45, 7) is 5.06. The molecule has 0 aliphatic heterocycles. The van der Waals surface area contributed by atoms with E-state index in [9.17, 15) is 9.59 Å². The van der Waals surface area contributed by atoms with Gasteiger partial charge in [0, 0.05) is 37.0 Å². The number of carbonyl (C=O) groups excluding carboxylic acids is 2. The van der Waals surface area contributed by atoms with Crippen LogP contribution in [0, 0.1) is 18.8 Å². The third-order valence-corrected chi connectivity index (χ3v) is 5.51. The van der Waals surface area contributed by atoms with E-state index < -0.39 is 0 Å². The summed E-state index contributed by atoms with van der Waals surface area (Å²) in [5.41, 5.74) is 2.65. The molecular weight excluding hydrogens is 334 g/mol. The van der Waals surface area contributed by atoms with Crippen molar-refractivity contribution < 1.29 is 9.59 Å². The minimum absolute atomic E-state index is 0.101. The van der Waals surface area contributed by atoms with Gasteiger partial charge in [-0.3, -0.25) is 9.59 Å². The molecule has 0 radical (unpaired) electrons. The van der Waals surface area contributed by atoms with Crippen LogP contribution in [0.4, 0.5) is 0 Å². The second kappa shape index (κ2) is 7.35. The van der Waals surface area contributed by atoms with Crippen LogP contribution in [0.1, 0.15) is 29.4 Å². The molecule has 0 spiro atoms. The zero-order valence-electron chi connectivity index (χ0n) is 14.8. The zero-order chi connectivity index (χ0) is 18.0. The molecule has 0 unspecified atom stereocenters. The van der Waals surface area contributed by atoms with Crippen molar-refractivity contribution in [3.63, 3.8) is 0 Å². The molecule has 0 bridgehead atoms. The first-order valence-electron chi connectivity index (χ1n) is 8.52. The van der Waals surface area contributed by atoms with Crippen LogP contribution < -0.4 is 5.32 Å². The number of amides is 2. The van der Waals surface area contributed by atoms with Gasteiger partial charge in [0.25, 0.3) is 5.91 Å². The fourth-order valence-corrected chi connectivity index (χ4v) is 3.65. The number of thiazole rings is 1. The normalized spacial score (nSPS) is 18.7. The van der Waals surface area contributed by atoms with Crippen molar-refractivity contribution in [1.29, 1.82) is 0 Å². The van der Waals surface area contributed by atoms with Crippen molar-refractivity contribution >= 4 is 23.2 Å². The third-order valence-electron chi connectivity index (χ3n) is 4.64. The van der Waals surface area contributed by atoms with Gasteiger partial charge in [0.2, 0.25) is 5.91 Å². The van der Waals surface area contributed by atoms with E-state index in [1.165, 1.54) is 11.3 Å². The van der Waals surface area contributed by atoms with E-state index in [2.05, 4.69) is 17.2 Å². The Kier molecular flexibility index (Phi) is 5.18. The standard InChI is InChI=1S/C19H23N3O2S/c1-12-6-4-5-7-14(12)18-21-16(11-25-18)19(24)22(3)9-8-20-17(23)15-10-13(15)2/h4-7,11,13,15H,8-10H2,1-3H3,(H,20,23)/t13-,15+/m1/s1. The summed E-state index contributed by atoms with van der Waals surface area (Å²) in [4.78, 5) is 30.4. The van der Waals surface area contributed by atoms with Crippen molar-refractivity contribution in [2.75, 3.05) is 20.1 Å². The smallest absolute Gasteiger partial charge is 0.273 e. The molecular formula is C19H23N3O2S. The van der Waals surface area contributed by atoms with Gasteiger partial charge in [-0.25, -0.2) is 4.98 Å². The number of hydrogen-bond acceptors (Lipinski definition) is 4. The minimum atomic E-state index is -0.120. The van der Waals surface area contributed by atoms with Crippen molar-refractivity contribution in [3.8, 4) is 10.6 Å². The Labute approximate surface area is 152 Å². The lowest BCUT2D eigenvalue weighted by molar-refractivity contribution is -0.122. The lowest BCUT2D eigenvalue weighted by atomic mass is 10.1. The largest absolute Gasteiger partial charge is 0.354 e. The first kappa shape index (κ1) is 17.6. The van der Waals surface area contributed by atoms with E-state index in [4.69, 9.17) is 0 Å². The molecule has 3 rings (SSSR count). The predicted molar refractivity (Wildman–Crippen MR) is 99.5 cm³/mol. The maximum Gasteiger partial charge on any atom is 0.273 e. The Morgan fingerprint density at radius 3 is 2.76 bits per heavy atom. The molecule has 2 atom stereocenters. The van der Waals surface area contributed by atoms with Crippen LogP contribution in [-0.2, 0) is 4.79 Å². The van der Waals surface area contributed by atoms with E-state index >= 15 is 0 Å². The van der Waals surface area contributed by atoms with Gasteiger partial charge >= 0.3 is 0 Å². The number of carbonyl (C=O) groups is 2. The van der Waals surface area contributed by atoms with Crippen LogP contribution in [0.2, 0.25) is 0 Å². The average Bonchev–Trinajstić information content (AvgIpc) is 3.14. The molecule has 6 heteroatoms. The summed E-state index contributed by atoms with van der Waals surface area (Å²) in [6, 6.07) is 8.01. The number of likely N-dealkylation sites (N-methyl/N-ethyl adjacent to an activating group) is 1. The van der Waals surface area contributed by atoms with Crippen molar-refractivity contribution in [1.82, 2.24) is 15.2 Å². The highest BCUT2D eigenvalue weighted by atomic mass is 32.1. The molecule has 1 heterocycles. The van der Waals surface area contributed by atoms with Crippen LogP contribution in [0.25, 0.3) is 10.6 Å². The second-order valence-corrected chi connectivity index (χ2v) is 7.55. The SMILES string of the molecule is Cc1ccccc1-c1nc(C(=O)N(C)CCNC(=O)[C@H]2C[C@H]2C)cs1. The maximum absolute atomic E-state index is 12.5. The van der Waals surface area contributed by atoms with Gasteiger partial charge in [-0.05, 0) is 24.8 Å². The molecule has 5 nitrogen and oxygen atoms in total. The fourth-order valence-electron chi connectivity index (χ4n) is 2.77. The summed E-state index contributed by atoms with van der Waals surface area (Å²) >= 11 is 1.48. The van der Waals surface area contributed by atoms with Gasteiger partial charge in [0.05, 0.1) is 0 Å². The van der Waals surface area contributed by atoms with Gasteiger partial charge in [0.15, 0.2) is 0 Å². The average molecular weight is 357 g/mol. The van der Waals surface area contributed by atoms with Crippen LogP contribution in [0.3, 0.4) is 0 Å². The molecule has 0 saturated heterocycles. The summed E-state index contributed by atoms with van der Waals surface area (Å²) in [5.74, 6) is 0.638. The Balaban J connectivity index is 1.55. The highest BCUT2D eigenvalue weighted by Crippen LogP contribution is 2.37. The third kappa shape index (κ3) is 4.07. The monoisotopic (exact) mass is 357 g/mol. The maximum atomic E-state index is 12.5. The number of hydrogen-bond donors (Lipinski definition) is 1. The minimum Gasteiger partial charge on any atom is -0.354 e. The fraction of sp³-hybridized carbons (Fsp3) is 0.421. The molecule has 2 aromatic rings. The van der Waals surface area contributed by atoms with Crippen molar-refractivity contribution in [2.24, 2.45) is 11.8 Å². The van der Waals surface area contributed by atoms with Gasteiger partial charge < -0.3 is 10.2 Å². The number of nitrogens with one attached hydrogen (secondary N) is 1. The molecule has 1 saturated carbocycles. The summed E-state index contributed by atoms with van der Waals surface area (Å²) in [6.07, 6.45) is 0.973. The van der Waals surface area contributed by atoms with E-state index in [1.54, 1.807) is 17.3 Å². The van der Waals surface area contributed by atoms with E-state index in [1.807, 2.05) is 31.2 Å². The van der Waals surface area contributed by atoms with E-state index in [0.29, 0.717) is 24.7 Å². The number of aromatic nitrogens is 1. The number of aryl methyl sites for hydroxylation is 1. The van der Waals surface area contributed by atoms with Crippen LogP contribution in [0.15, 0.2) is 29.6 Å². The van der Waals surface area contributed by atoms with Gasteiger partial charge in [-0.2, -0.15) is 0 Å². The highest BCUT2D eigenvalue weighted by Gasteiger charge is 2.38. The first-order valence-corrected chi connectivity index (χ1v) is 9.40. The first-order chi connectivity index (χ1) is 12.0. The Morgan fingerprint density at radius 1 is 1.36 bits per heavy atom. The van der Waals surface area contributed by atoms with Crippen LogP contribution in [0.5, 0.6) is 0 Å². The molecule has 132 valence electrons. The van der Waals surface area contributed by atoms with Crippen LogP contribution in [-0.4, -0.2) is 41.8 Å². The van der Waals surface area contributed by atoms with Crippen molar-refractivity contribution in [3.05, 3.63) is 40.9 Å². The summed E-state index contributed by atoms with van der Waals surface area (Å²) in [5, 5.41) is 5.55. The van der Waals surface area contributed by atoms with E-state index in [-0.39, 0.29) is 17.7 Å². The second-order valence-electron chi connectivity index (χ2n) is 6.69. The molecule has 1 N–H and O–H groups in total.